The molecule has 0 bridgehead atoms. The Balaban J connectivity index is 0.000000143. The molecular weight excluding hydrogens is 324 g/mol. The number of nitrogen functional groups attached to an aromatic ring is 1. The van der Waals surface area contributed by atoms with Gasteiger partial charge in [0.25, 0.3) is 0 Å². The molecule has 3 N–H and O–H groups in total. The molecule has 3 aromatic rings. The second-order valence-corrected chi connectivity index (χ2v) is 6.14. The summed E-state index contributed by atoms with van der Waals surface area (Å²) in [5, 5.41) is 0.113. The minimum atomic E-state index is 0.113. The first kappa shape index (κ1) is 16.7. The maximum Gasteiger partial charge on any atom is 0.226 e. The first-order valence-corrected chi connectivity index (χ1v) is 8.48. The molecule has 24 heavy (non-hydrogen) atoms. The lowest BCUT2D eigenvalue weighted by Gasteiger charge is -2.26. The number of piperidine rings is 1. The fourth-order valence-corrected chi connectivity index (χ4v) is 2.96. The number of likely N-dealkylation sites (tertiary alicyclic amines) is 1. The zero-order valence-electron chi connectivity index (χ0n) is 13.5. The van der Waals surface area contributed by atoms with Crippen molar-refractivity contribution in [3.05, 3.63) is 47.5 Å². The third kappa shape index (κ3) is 4.43. The number of aromatic nitrogens is 4. The Kier molecular flexibility index (Phi) is 5.61. The van der Waals surface area contributed by atoms with E-state index in [1.54, 1.807) is 0 Å². The van der Waals surface area contributed by atoms with Crippen molar-refractivity contribution in [3.8, 4) is 0 Å². The Morgan fingerprint density at radius 2 is 1.83 bits per heavy atom. The van der Waals surface area contributed by atoms with Crippen LogP contribution in [0, 0.1) is 0 Å². The van der Waals surface area contributed by atoms with Crippen LogP contribution < -0.4 is 5.73 Å². The van der Waals surface area contributed by atoms with Gasteiger partial charge in [-0.1, -0.05) is 36.8 Å². The van der Waals surface area contributed by atoms with Gasteiger partial charge in [-0.05, 0) is 43.1 Å². The number of nitrogens with zero attached hydrogens (tertiary/aromatic N) is 4. The van der Waals surface area contributed by atoms with E-state index in [-0.39, 0.29) is 5.28 Å². The van der Waals surface area contributed by atoms with E-state index in [4.69, 9.17) is 17.3 Å². The predicted molar refractivity (Wildman–Crippen MR) is 96.7 cm³/mol. The van der Waals surface area contributed by atoms with Gasteiger partial charge in [-0.25, -0.2) is 4.98 Å². The van der Waals surface area contributed by atoms with Crippen molar-refractivity contribution in [2.75, 3.05) is 18.8 Å². The lowest BCUT2D eigenvalue weighted by Crippen LogP contribution is -2.28. The normalized spacial score (nSPS) is 15.0. The lowest BCUT2D eigenvalue weighted by atomic mass is 10.1. The molecule has 1 aliphatic rings. The molecule has 1 saturated heterocycles. The Bertz CT molecular complexity index is 767. The highest BCUT2D eigenvalue weighted by molar-refractivity contribution is 6.28. The van der Waals surface area contributed by atoms with Crippen LogP contribution in [-0.4, -0.2) is 37.9 Å². The average molecular weight is 345 g/mol. The van der Waals surface area contributed by atoms with Gasteiger partial charge in [0.1, 0.15) is 5.52 Å². The fourth-order valence-electron chi connectivity index (χ4n) is 2.79. The van der Waals surface area contributed by atoms with Crippen molar-refractivity contribution in [1.82, 2.24) is 24.8 Å². The minimum absolute atomic E-state index is 0.113. The average Bonchev–Trinajstić information content (AvgIpc) is 3.06. The van der Waals surface area contributed by atoms with Crippen LogP contribution in [0.25, 0.3) is 11.2 Å². The molecular formula is C17H21ClN6. The standard InChI is InChI=1S/C12H17N.C5H4ClN5/c1-3-7-12(8-4-1)11-13-9-5-2-6-10-13;6-5-10-3(7)2-4(11-5)9-1-8-2/h1,3-4,7-8H,2,5-6,9-11H2;1H,(H3,7,8,9,10,11). The molecule has 2 aromatic heterocycles. The van der Waals surface area contributed by atoms with Gasteiger partial charge in [0, 0.05) is 6.54 Å². The fraction of sp³-hybridized carbons (Fsp3) is 0.353. The van der Waals surface area contributed by atoms with Gasteiger partial charge in [0.2, 0.25) is 5.28 Å². The second kappa shape index (κ2) is 8.08. The number of benzene rings is 1. The van der Waals surface area contributed by atoms with Crippen LogP contribution in [0.5, 0.6) is 0 Å². The number of hydrogen-bond acceptors (Lipinski definition) is 5. The number of fused-ring (bicyclic) bond motifs is 1. The van der Waals surface area contributed by atoms with Crippen molar-refractivity contribution >= 4 is 28.6 Å². The van der Waals surface area contributed by atoms with Crippen LogP contribution in [0.4, 0.5) is 5.82 Å². The number of halogens is 1. The van der Waals surface area contributed by atoms with E-state index in [2.05, 4.69) is 55.2 Å². The molecule has 4 rings (SSSR count). The number of nitrogens with two attached hydrogens (primary N) is 1. The summed E-state index contributed by atoms with van der Waals surface area (Å²) in [6, 6.07) is 10.8. The van der Waals surface area contributed by atoms with Crippen molar-refractivity contribution in [3.63, 3.8) is 0 Å². The molecule has 0 spiro atoms. The van der Waals surface area contributed by atoms with Crippen LogP contribution in [0.3, 0.4) is 0 Å². The third-order valence-corrected chi connectivity index (χ3v) is 4.15. The zero-order valence-corrected chi connectivity index (χ0v) is 14.2. The maximum atomic E-state index is 5.52. The summed E-state index contributed by atoms with van der Waals surface area (Å²) in [5.74, 6) is 0.317. The molecule has 1 fully saturated rings. The van der Waals surface area contributed by atoms with E-state index in [0.29, 0.717) is 17.0 Å². The summed E-state index contributed by atoms with van der Waals surface area (Å²) in [5.41, 5.74) is 8.05. The first-order chi connectivity index (χ1) is 11.7. The molecule has 1 aliphatic heterocycles. The van der Waals surface area contributed by atoms with Crippen molar-refractivity contribution in [2.45, 2.75) is 25.8 Å². The summed E-state index contributed by atoms with van der Waals surface area (Å²) in [7, 11) is 0. The summed E-state index contributed by atoms with van der Waals surface area (Å²) in [4.78, 5) is 16.8. The molecule has 0 atom stereocenters. The quantitative estimate of drug-likeness (QED) is 0.697. The van der Waals surface area contributed by atoms with Crippen LogP contribution in [0.2, 0.25) is 5.28 Å². The number of rotatable bonds is 2. The number of H-pyrrole nitrogens is 1. The molecule has 126 valence electrons. The van der Waals surface area contributed by atoms with Gasteiger partial charge in [-0.15, -0.1) is 0 Å². The molecule has 0 unspecified atom stereocenters. The SMILES string of the molecule is Nc1nc(Cl)nc2nc[nH]c12.c1ccc(CN2CCCCC2)cc1. The molecule has 0 aliphatic carbocycles. The summed E-state index contributed by atoms with van der Waals surface area (Å²) in [6.45, 7) is 3.71. The van der Waals surface area contributed by atoms with Gasteiger partial charge in [-0.2, -0.15) is 9.97 Å². The summed E-state index contributed by atoms with van der Waals surface area (Å²) >= 11 is 5.52. The minimum Gasteiger partial charge on any atom is -0.382 e. The third-order valence-electron chi connectivity index (χ3n) is 3.98. The number of hydrogen-bond donors (Lipinski definition) is 2. The van der Waals surface area contributed by atoms with E-state index in [0.717, 1.165) is 6.54 Å². The van der Waals surface area contributed by atoms with Crippen LogP contribution in [0.1, 0.15) is 24.8 Å². The van der Waals surface area contributed by atoms with Crippen LogP contribution in [0.15, 0.2) is 36.7 Å². The van der Waals surface area contributed by atoms with Gasteiger partial charge < -0.3 is 10.7 Å². The van der Waals surface area contributed by atoms with Gasteiger partial charge in [-0.3, -0.25) is 4.90 Å². The highest BCUT2D eigenvalue weighted by Gasteiger charge is 2.09. The summed E-state index contributed by atoms with van der Waals surface area (Å²) < 4.78 is 0. The molecule has 6 nitrogen and oxygen atoms in total. The largest absolute Gasteiger partial charge is 0.382 e. The molecule has 0 amide bonds. The van der Waals surface area contributed by atoms with Crippen molar-refractivity contribution in [1.29, 1.82) is 0 Å². The topological polar surface area (TPSA) is 83.7 Å². The molecule has 1 aromatic carbocycles. The Labute approximate surface area is 146 Å². The number of nitrogens with one attached hydrogen (secondary N) is 1. The van der Waals surface area contributed by atoms with E-state index >= 15 is 0 Å². The maximum absolute atomic E-state index is 5.52. The lowest BCUT2D eigenvalue weighted by molar-refractivity contribution is 0.221. The summed E-state index contributed by atoms with van der Waals surface area (Å²) in [6.07, 6.45) is 5.68. The van der Waals surface area contributed by atoms with Crippen molar-refractivity contribution in [2.24, 2.45) is 0 Å². The number of anilines is 1. The van der Waals surface area contributed by atoms with Gasteiger partial charge >= 0.3 is 0 Å². The molecule has 7 heteroatoms. The zero-order chi connectivity index (χ0) is 16.8. The highest BCUT2D eigenvalue weighted by atomic mass is 35.5. The number of imidazole rings is 1. The predicted octanol–water partition coefficient (Wildman–Crippen LogP) is 3.26. The smallest absolute Gasteiger partial charge is 0.226 e. The van der Waals surface area contributed by atoms with E-state index in [9.17, 15) is 0 Å². The van der Waals surface area contributed by atoms with Crippen LogP contribution >= 0.6 is 11.6 Å². The van der Waals surface area contributed by atoms with E-state index in [1.807, 2.05) is 0 Å². The Morgan fingerprint density at radius 1 is 1.08 bits per heavy atom. The molecule has 0 saturated carbocycles. The monoisotopic (exact) mass is 344 g/mol. The van der Waals surface area contributed by atoms with E-state index < -0.39 is 0 Å². The Hall–Kier alpha value is -2.18. The van der Waals surface area contributed by atoms with Crippen LogP contribution in [-0.2, 0) is 6.54 Å². The number of aromatic amines is 1. The van der Waals surface area contributed by atoms with Gasteiger partial charge in [0.05, 0.1) is 6.33 Å². The first-order valence-electron chi connectivity index (χ1n) is 8.11. The van der Waals surface area contributed by atoms with Gasteiger partial charge in [0.15, 0.2) is 11.5 Å². The van der Waals surface area contributed by atoms with E-state index in [1.165, 1.54) is 44.2 Å². The molecule has 0 radical (unpaired) electrons. The second-order valence-electron chi connectivity index (χ2n) is 5.80. The Morgan fingerprint density at radius 3 is 2.58 bits per heavy atom. The van der Waals surface area contributed by atoms with Crippen molar-refractivity contribution < 1.29 is 0 Å². The highest BCUT2D eigenvalue weighted by Crippen LogP contribution is 2.14. The molecule has 3 heterocycles.